The van der Waals surface area contributed by atoms with E-state index in [1.165, 1.54) is 10.4 Å². The van der Waals surface area contributed by atoms with Crippen molar-refractivity contribution in [3.8, 4) is 10.4 Å². The number of nitrogens with zero attached hydrogens (tertiary/aromatic N) is 2. The Balaban J connectivity index is 1.74. The van der Waals surface area contributed by atoms with Gasteiger partial charge in [0.1, 0.15) is 0 Å². The first-order chi connectivity index (χ1) is 11.3. The third kappa shape index (κ3) is 3.96. The predicted octanol–water partition coefficient (Wildman–Crippen LogP) is 2.24. The average Bonchev–Trinajstić information content (AvgIpc) is 3.02. The number of morpholine rings is 1. The summed E-state index contributed by atoms with van der Waals surface area (Å²) < 4.78 is 5.38. The fourth-order valence-corrected chi connectivity index (χ4v) is 3.64. The molecule has 1 saturated heterocycles. The molecule has 1 unspecified atom stereocenters. The van der Waals surface area contributed by atoms with Gasteiger partial charge in [-0.05, 0) is 18.1 Å². The molecule has 0 saturated carbocycles. The lowest BCUT2D eigenvalue weighted by molar-refractivity contribution is -0.110. The molecule has 2 aromatic rings. The van der Waals surface area contributed by atoms with Gasteiger partial charge in [0.2, 0.25) is 6.41 Å². The lowest BCUT2D eigenvalue weighted by Gasteiger charge is -2.30. The van der Waals surface area contributed by atoms with Gasteiger partial charge in [0.25, 0.3) is 0 Å². The molecule has 3 rings (SSSR count). The number of aromatic nitrogens is 1. The summed E-state index contributed by atoms with van der Waals surface area (Å²) in [6, 6.07) is 8.40. The minimum Gasteiger partial charge on any atom is -0.379 e. The highest BCUT2D eigenvalue weighted by Gasteiger charge is 2.18. The van der Waals surface area contributed by atoms with Crippen molar-refractivity contribution in [2.24, 2.45) is 0 Å². The molecule has 2 heterocycles. The van der Waals surface area contributed by atoms with Crippen molar-refractivity contribution >= 4 is 17.7 Å². The SMILES string of the molecule is Cc1ncsc1-c1ccc(C(CN2CCOCC2)NC=O)cc1. The van der Waals surface area contributed by atoms with Crippen LogP contribution in [0.1, 0.15) is 17.3 Å². The monoisotopic (exact) mass is 331 g/mol. The van der Waals surface area contributed by atoms with Crippen LogP contribution in [0.4, 0.5) is 0 Å². The van der Waals surface area contributed by atoms with E-state index in [0.29, 0.717) is 0 Å². The summed E-state index contributed by atoms with van der Waals surface area (Å²) in [5, 5.41) is 2.94. The van der Waals surface area contributed by atoms with Gasteiger partial charge in [-0.2, -0.15) is 0 Å². The van der Waals surface area contributed by atoms with E-state index < -0.39 is 0 Å². The van der Waals surface area contributed by atoms with Crippen LogP contribution in [0.5, 0.6) is 0 Å². The molecule has 1 N–H and O–H groups in total. The lowest BCUT2D eigenvalue weighted by Crippen LogP contribution is -2.41. The number of nitrogens with one attached hydrogen (secondary N) is 1. The zero-order valence-corrected chi connectivity index (χ0v) is 14.0. The van der Waals surface area contributed by atoms with Crippen LogP contribution in [0.3, 0.4) is 0 Å². The van der Waals surface area contributed by atoms with Gasteiger partial charge in [0, 0.05) is 19.6 Å². The number of benzene rings is 1. The maximum absolute atomic E-state index is 11.0. The molecule has 1 aliphatic rings. The number of carbonyl (C=O) groups is 1. The molecular formula is C17H21N3O2S. The lowest BCUT2D eigenvalue weighted by atomic mass is 10.0. The smallest absolute Gasteiger partial charge is 0.207 e. The second-order valence-corrected chi connectivity index (χ2v) is 6.49. The van der Waals surface area contributed by atoms with Crippen molar-refractivity contribution < 1.29 is 9.53 Å². The van der Waals surface area contributed by atoms with Gasteiger partial charge in [-0.15, -0.1) is 11.3 Å². The van der Waals surface area contributed by atoms with Crippen LogP contribution in [-0.4, -0.2) is 49.1 Å². The van der Waals surface area contributed by atoms with Gasteiger partial charge in [-0.1, -0.05) is 24.3 Å². The first-order valence-electron chi connectivity index (χ1n) is 7.78. The standard InChI is InChI=1S/C17H21N3O2S/c1-13-17(23-12-19-13)15-4-2-14(3-5-15)16(18-11-21)10-20-6-8-22-9-7-20/h2-5,11-12,16H,6-10H2,1H3,(H,18,21). The van der Waals surface area contributed by atoms with Crippen molar-refractivity contribution in [2.45, 2.75) is 13.0 Å². The highest BCUT2D eigenvalue weighted by molar-refractivity contribution is 7.13. The zero-order chi connectivity index (χ0) is 16.1. The topological polar surface area (TPSA) is 54.5 Å². The fraction of sp³-hybridized carbons (Fsp3) is 0.412. The largest absolute Gasteiger partial charge is 0.379 e. The Morgan fingerprint density at radius 1 is 1.35 bits per heavy atom. The van der Waals surface area contributed by atoms with E-state index in [-0.39, 0.29) is 6.04 Å². The average molecular weight is 331 g/mol. The van der Waals surface area contributed by atoms with Crippen LogP contribution in [0, 0.1) is 6.92 Å². The number of hydrogen-bond acceptors (Lipinski definition) is 5. The predicted molar refractivity (Wildman–Crippen MR) is 91.5 cm³/mol. The summed E-state index contributed by atoms with van der Waals surface area (Å²) in [5.41, 5.74) is 5.21. The summed E-state index contributed by atoms with van der Waals surface area (Å²) in [6.07, 6.45) is 0.784. The molecule has 1 fully saturated rings. The molecule has 1 aromatic heterocycles. The van der Waals surface area contributed by atoms with Crippen LogP contribution in [0.2, 0.25) is 0 Å². The van der Waals surface area contributed by atoms with Gasteiger partial charge in [-0.25, -0.2) is 4.98 Å². The first kappa shape index (κ1) is 16.1. The molecule has 0 bridgehead atoms. The normalized spacial score (nSPS) is 16.9. The van der Waals surface area contributed by atoms with Crippen molar-refractivity contribution in [1.29, 1.82) is 0 Å². The molecule has 5 nitrogen and oxygen atoms in total. The first-order valence-corrected chi connectivity index (χ1v) is 8.66. The second kappa shape index (κ2) is 7.68. The van der Waals surface area contributed by atoms with E-state index in [4.69, 9.17) is 4.74 Å². The van der Waals surface area contributed by atoms with Crippen LogP contribution >= 0.6 is 11.3 Å². The number of rotatable bonds is 6. The maximum atomic E-state index is 11.0. The molecule has 122 valence electrons. The summed E-state index contributed by atoms with van der Waals surface area (Å²) in [5.74, 6) is 0. The number of aryl methyl sites for hydroxylation is 1. The third-order valence-electron chi connectivity index (χ3n) is 4.13. The third-order valence-corrected chi connectivity index (χ3v) is 5.11. The van der Waals surface area contributed by atoms with Crippen molar-refractivity contribution in [3.63, 3.8) is 0 Å². The fourth-order valence-electron chi connectivity index (χ4n) is 2.82. The molecule has 0 radical (unpaired) electrons. The Kier molecular flexibility index (Phi) is 5.38. The number of carbonyl (C=O) groups excluding carboxylic acids is 1. The summed E-state index contributed by atoms with van der Waals surface area (Å²) in [6.45, 7) is 6.18. The number of ether oxygens (including phenoxy) is 1. The Morgan fingerprint density at radius 3 is 2.70 bits per heavy atom. The Labute approximate surface area is 140 Å². The second-order valence-electron chi connectivity index (χ2n) is 5.64. The molecule has 1 atom stereocenters. The van der Waals surface area contributed by atoms with Gasteiger partial charge in [0.15, 0.2) is 0 Å². The van der Waals surface area contributed by atoms with Gasteiger partial charge >= 0.3 is 0 Å². The molecule has 0 aliphatic carbocycles. The van der Waals surface area contributed by atoms with Crippen molar-refractivity contribution in [2.75, 3.05) is 32.8 Å². The Hall–Kier alpha value is -1.76. The quantitative estimate of drug-likeness (QED) is 0.825. The molecule has 1 amide bonds. The van der Waals surface area contributed by atoms with E-state index in [1.54, 1.807) is 11.3 Å². The van der Waals surface area contributed by atoms with Crippen LogP contribution in [-0.2, 0) is 9.53 Å². The molecule has 1 aromatic carbocycles. The summed E-state index contributed by atoms with van der Waals surface area (Å²) >= 11 is 1.65. The van der Waals surface area contributed by atoms with E-state index in [1.807, 2.05) is 12.4 Å². The minimum absolute atomic E-state index is 0.00204. The molecule has 6 heteroatoms. The number of amides is 1. The zero-order valence-electron chi connectivity index (χ0n) is 13.2. The van der Waals surface area contributed by atoms with Gasteiger partial charge < -0.3 is 10.1 Å². The van der Waals surface area contributed by atoms with Gasteiger partial charge in [-0.3, -0.25) is 9.69 Å². The molecule has 0 spiro atoms. The van der Waals surface area contributed by atoms with Crippen LogP contribution < -0.4 is 5.32 Å². The Morgan fingerprint density at radius 2 is 2.09 bits per heavy atom. The number of thiazole rings is 1. The van der Waals surface area contributed by atoms with Gasteiger partial charge in [0.05, 0.1) is 35.3 Å². The molecule has 23 heavy (non-hydrogen) atoms. The summed E-state index contributed by atoms with van der Waals surface area (Å²) in [4.78, 5) is 18.8. The molecule has 1 aliphatic heterocycles. The Bertz CT molecular complexity index is 636. The van der Waals surface area contributed by atoms with Crippen LogP contribution in [0.25, 0.3) is 10.4 Å². The summed E-state index contributed by atoms with van der Waals surface area (Å²) in [7, 11) is 0. The minimum atomic E-state index is 0.00204. The molecular weight excluding hydrogens is 310 g/mol. The maximum Gasteiger partial charge on any atom is 0.207 e. The highest BCUT2D eigenvalue weighted by Crippen LogP contribution is 2.28. The number of hydrogen-bond donors (Lipinski definition) is 1. The van der Waals surface area contributed by atoms with E-state index in [0.717, 1.165) is 50.5 Å². The van der Waals surface area contributed by atoms with Crippen LogP contribution in [0.15, 0.2) is 29.8 Å². The van der Waals surface area contributed by atoms with Crippen molar-refractivity contribution in [1.82, 2.24) is 15.2 Å². The van der Waals surface area contributed by atoms with E-state index in [2.05, 4.69) is 39.5 Å². The van der Waals surface area contributed by atoms with Crippen molar-refractivity contribution in [3.05, 3.63) is 41.0 Å². The highest BCUT2D eigenvalue weighted by atomic mass is 32.1. The van der Waals surface area contributed by atoms with E-state index in [9.17, 15) is 4.79 Å². The van der Waals surface area contributed by atoms with E-state index >= 15 is 0 Å².